The van der Waals surface area contributed by atoms with Crippen molar-refractivity contribution in [3.8, 4) is 0 Å². The van der Waals surface area contributed by atoms with Crippen molar-refractivity contribution < 1.29 is 13.9 Å². The van der Waals surface area contributed by atoms with Crippen LogP contribution in [0.2, 0.25) is 0 Å². The number of hydrogen-bond acceptors (Lipinski definition) is 3. The van der Waals surface area contributed by atoms with Gasteiger partial charge in [-0.1, -0.05) is 19.1 Å². The average molecular weight is 308 g/mol. The Kier molecular flexibility index (Phi) is 6.34. The van der Waals surface area contributed by atoms with Crippen molar-refractivity contribution in [2.45, 2.75) is 38.8 Å². The Balaban J connectivity index is 1.97. The molecule has 0 unspecified atom stereocenters. The summed E-state index contributed by atoms with van der Waals surface area (Å²) < 4.78 is 18.8. The van der Waals surface area contributed by atoms with Gasteiger partial charge < -0.3 is 15.0 Å². The Bertz CT molecular complexity index is 495. The van der Waals surface area contributed by atoms with Gasteiger partial charge in [0.1, 0.15) is 11.9 Å². The average Bonchev–Trinajstić information content (AvgIpc) is 2.51. The van der Waals surface area contributed by atoms with Crippen LogP contribution >= 0.6 is 0 Å². The van der Waals surface area contributed by atoms with E-state index in [0.717, 1.165) is 12.0 Å². The van der Waals surface area contributed by atoms with E-state index in [2.05, 4.69) is 12.2 Å². The van der Waals surface area contributed by atoms with Gasteiger partial charge in [-0.15, -0.1) is 0 Å². The maximum atomic E-state index is 13.2. The van der Waals surface area contributed by atoms with Crippen LogP contribution in [0.25, 0.3) is 0 Å². The minimum absolute atomic E-state index is 0.0745. The largest absolute Gasteiger partial charge is 0.375 e. The first-order valence-corrected chi connectivity index (χ1v) is 8.00. The molecule has 0 saturated carbocycles. The molecule has 1 aliphatic rings. The molecule has 2 atom stereocenters. The van der Waals surface area contributed by atoms with E-state index in [9.17, 15) is 9.18 Å². The molecule has 22 heavy (non-hydrogen) atoms. The molecule has 1 heterocycles. The van der Waals surface area contributed by atoms with E-state index in [1.54, 1.807) is 6.07 Å². The van der Waals surface area contributed by atoms with E-state index in [-0.39, 0.29) is 23.9 Å². The van der Waals surface area contributed by atoms with Gasteiger partial charge >= 0.3 is 0 Å². The standard InChI is InChI=1S/C17H25FN2O2/c1-3-9-20(10-7-14-5-4-6-15(18)12-14)17(21)16-13(2)22-11-8-19-16/h4-6,12-13,16,19H,3,7-11H2,1-2H3/t13-,16+/m1/s1. The molecule has 2 rings (SSSR count). The zero-order valence-electron chi connectivity index (χ0n) is 13.3. The highest BCUT2D eigenvalue weighted by Gasteiger charge is 2.31. The van der Waals surface area contributed by atoms with Gasteiger partial charge in [0.2, 0.25) is 5.91 Å². The molecule has 4 nitrogen and oxygen atoms in total. The van der Waals surface area contributed by atoms with Crippen LogP contribution in [0, 0.1) is 5.82 Å². The van der Waals surface area contributed by atoms with E-state index in [4.69, 9.17) is 4.74 Å². The first kappa shape index (κ1) is 16.9. The van der Waals surface area contributed by atoms with E-state index >= 15 is 0 Å². The molecule has 0 aromatic heterocycles. The van der Waals surface area contributed by atoms with Crippen LogP contribution in [0.3, 0.4) is 0 Å². The van der Waals surface area contributed by atoms with E-state index in [1.807, 2.05) is 17.9 Å². The number of rotatable bonds is 6. The molecule has 1 aromatic carbocycles. The first-order valence-electron chi connectivity index (χ1n) is 8.00. The summed E-state index contributed by atoms with van der Waals surface area (Å²) in [5, 5.41) is 3.24. The number of carbonyl (C=O) groups is 1. The summed E-state index contributed by atoms with van der Waals surface area (Å²) in [4.78, 5) is 14.6. The Labute approximate surface area is 131 Å². The fourth-order valence-electron chi connectivity index (χ4n) is 2.76. The minimum Gasteiger partial charge on any atom is -0.375 e. The van der Waals surface area contributed by atoms with Crippen molar-refractivity contribution in [3.05, 3.63) is 35.6 Å². The van der Waals surface area contributed by atoms with Gasteiger partial charge in [-0.25, -0.2) is 4.39 Å². The summed E-state index contributed by atoms with van der Waals surface area (Å²) in [6.45, 7) is 6.62. The van der Waals surface area contributed by atoms with Crippen LogP contribution in [0.4, 0.5) is 4.39 Å². The third kappa shape index (κ3) is 4.52. The summed E-state index contributed by atoms with van der Waals surface area (Å²) in [5.41, 5.74) is 0.912. The quantitative estimate of drug-likeness (QED) is 0.874. The molecule has 0 spiro atoms. The number of carbonyl (C=O) groups excluding carboxylic acids is 1. The Morgan fingerprint density at radius 1 is 1.45 bits per heavy atom. The second-order valence-corrected chi connectivity index (χ2v) is 5.71. The van der Waals surface area contributed by atoms with Gasteiger partial charge in [-0.2, -0.15) is 0 Å². The fourth-order valence-corrected chi connectivity index (χ4v) is 2.76. The summed E-state index contributed by atoms with van der Waals surface area (Å²) in [6.07, 6.45) is 1.44. The predicted molar refractivity (Wildman–Crippen MR) is 84.2 cm³/mol. The third-order valence-corrected chi connectivity index (χ3v) is 3.95. The lowest BCUT2D eigenvalue weighted by atomic mass is 10.1. The number of benzene rings is 1. The molecule has 1 aromatic rings. The van der Waals surface area contributed by atoms with Gasteiger partial charge in [0.15, 0.2) is 0 Å². The van der Waals surface area contributed by atoms with Crippen LogP contribution in [-0.2, 0) is 16.0 Å². The van der Waals surface area contributed by atoms with Gasteiger partial charge in [-0.05, 0) is 37.5 Å². The molecule has 122 valence electrons. The van der Waals surface area contributed by atoms with Crippen molar-refractivity contribution in [3.63, 3.8) is 0 Å². The summed E-state index contributed by atoms with van der Waals surface area (Å²) in [6, 6.07) is 6.27. The van der Waals surface area contributed by atoms with E-state index in [0.29, 0.717) is 32.7 Å². The molecule has 1 amide bonds. The maximum Gasteiger partial charge on any atom is 0.242 e. The molecule has 1 fully saturated rings. The van der Waals surface area contributed by atoms with Crippen LogP contribution in [-0.4, -0.2) is 49.2 Å². The van der Waals surface area contributed by atoms with Gasteiger partial charge in [0.05, 0.1) is 12.7 Å². The second-order valence-electron chi connectivity index (χ2n) is 5.71. The molecule has 0 radical (unpaired) electrons. The van der Waals surface area contributed by atoms with Crippen molar-refractivity contribution in [1.29, 1.82) is 0 Å². The zero-order chi connectivity index (χ0) is 15.9. The molecular weight excluding hydrogens is 283 g/mol. The van der Waals surface area contributed by atoms with Crippen LogP contribution in [0.15, 0.2) is 24.3 Å². The van der Waals surface area contributed by atoms with Crippen molar-refractivity contribution >= 4 is 5.91 Å². The number of ether oxygens (including phenoxy) is 1. The number of nitrogens with zero attached hydrogens (tertiary/aromatic N) is 1. The molecule has 1 N–H and O–H groups in total. The highest BCUT2D eigenvalue weighted by Crippen LogP contribution is 2.10. The monoisotopic (exact) mass is 308 g/mol. The third-order valence-electron chi connectivity index (χ3n) is 3.95. The van der Waals surface area contributed by atoms with Crippen molar-refractivity contribution in [2.75, 3.05) is 26.2 Å². The topological polar surface area (TPSA) is 41.6 Å². The Morgan fingerprint density at radius 2 is 2.27 bits per heavy atom. The lowest BCUT2D eigenvalue weighted by Crippen LogP contribution is -2.56. The molecule has 5 heteroatoms. The fraction of sp³-hybridized carbons (Fsp3) is 0.588. The van der Waals surface area contributed by atoms with E-state index in [1.165, 1.54) is 12.1 Å². The number of halogens is 1. The number of nitrogens with one attached hydrogen (secondary N) is 1. The molecule has 0 bridgehead atoms. The zero-order valence-corrected chi connectivity index (χ0v) is 13.3. The van der Waals surface area contributed by atoms with Crippen LogP contribution in [0.1, 0.15) is 25.8 Å². The highest BCUT2D eigenvalue weighted by molar-refractivity contribution is 5.82. The molecular formula is C17H25FN2O2. The predicted octanol–water partition coefficient (Wildman–Crippen LogP) is 1.98. The van der Waals surface area contributed by atoms with Crippen molar-refractivity contribution in [1.82, 2.24) is 10.2 Å². The number of morpholine rings is 1. The molecule has 1 aliphatic heterocycles. The number of hydrogen-bond donors (Lipinski definition) is 1. The molecule has 0 aliphatic carbocycles. The Morgan fingerprint density at radius 3 is 2.95 bits per heavy atom. The lowest BCUT2D eigenvalue weighted by molar-refractivity contribution is -0.139. The summed E-state index contributed by atoms with van der Waals surface area (Å²) in [5.74, 6) is -0.160. The smallest absolute Gasteiger partial charge is 0.242 e. The first-order chi connectivity index (χ1) is 10.6. The van der Waals surface area contributed by atoms with Gasteiger partial charge in [0, 0.05) is 19.6 Å². The second kappa shape index (κ2) is 8.25. The highest BCUT2D eigenvalue weighted by atomic mass is 19.1. The van der Waals surface area contributed by atoms with Crippen LogP contribution < -0.4 is 5.32 Å². The molecule has 1 saturated heterocycles. The van der Waals surface area contributed by atoms with Crippen LogP contribution in [0.5, 0.6) is 0 Å². The Hall–Kier alpha value is -1.46. The van der Waals surface area contributed by atoms with Gasteiger partial charge in [-0.3, -0.25) is 4.79 Å². The van der Waals surface area contributed by atoms with Gasteiger partial charge in [0.25, 0.3) is 0 Å². The normalized spacial score (nSPS) is 21.6. The number of amides is 1. The summed E-state index contributed by atoms with van der Waals surface area (Å²) >= 11 is 0. The lowest BCUT2D eigenvalue weighted by Gasteiger charge is -2.34. The van der Waals surface area contributed by atoms with Crippen molar-refractivity contribution in [2.24, 2.45) is 0 Å². The SMILES string of the molecule is CCCN(CCc1cccc(F)c1)C(=O)[C@H]1NCCO[C@@H]1C. The van der Waals surface area contributed by atoms with E-state index < -0.39 is 0 Å². The minimum atomic E-state index is -0.284. The summed E-state index contributed by atoms with van der Waals surface area (Å²) in [7, 11) is 0. The maximum absolute atomic E-state index is 13.2.